The molecule has 7 heteroatoms. The molecule has 0 spiro atoms. The van der Waals surface area contributed by atoms with Crippen LogP contribution in [0.4, 0.5) is 8.78 Å². The van der Waals surface area contributed by atoms with Crippen molar-refractivity contribution >= 4 is 11.8 Å². The van der Waals surface area contributed by atoms with Crippen LogP contribution in [0.2, 0.25) is 0 Å². The molecule has 3 rings (SSSR count). The van der Waals surface area contributed by atoms with Gasteiger partial charge in [0.1, 0.15) is 11.6 Å². The van der Waals surface area contributed by atoms with Gasteiger partial charge in [0.25, 0.3) is 11.8 Å². The topological polar surface area (TPSA) is 45.6 Å². The van der Waals surface area contributed by atoms with Crippen molar-refractivity contribution in [3.05, 3.63) is 59.4 Å². The summed E-state index contributed by atoms with van der Waals surface area (Å²) in [6.07, 6.45) is 3.54. The Morgan fingerprint density at radius 2 is 1.58 bits per heavy atom. The van der Waals surface area contributed by atoms with Gasteiger partial charge in [0.05, 0.1) is 11.1 Å². The monoisotopic (exact) mass is 333 g/mol. The Balaban J connectivity index is 1.64. The lowest BCUT2D eigenvalue weighted by atomic mass is 10.1. The van der Waals surface area contributed by atoms with Gasteiger partial charge in [-0.1, -0.05) is 0 Å². The molecule has 0 bridgehead atoms. The summed E-state index contributed by atoms with van der Waals surface area (Å²) in [5.41, 5.74) is 0.445. The number of aromatic nitrogens is 1. The number of piperazine rings is 1. The van der Waals surface area contributed by atoms with Gasteiger partial charge in [-0.15, -0.1) is 0 Å². The molecule has 5 nitrogen and oxygen atoms in total. The molecule has 0 saturated carbocycles. The van der Waals surface area contributed by atoms with Crippen LogP contribution in [0, 0.1) is 11.6 Å². The predicted molar refractivity (Wildman–Crippen MR) is 83.6 cm³/mol. The van der Waals surface area contributed by atoms with E-state index >= 15 is 0 Å². The van der Waals surface area contributed by atoms with E-state index in [0.29, 0.717) is 37.8 Å². The standard InChI is InChI=1S/C17H17F2N3O2/c1-20-5-4-12(11-20)16(23)21-6-8-22(9-7-21)17(24)14-3-2-13(18)10-15(14)19/h2-5,10-11H,6-9H2,1H3. The third-order valence-electron chi connectivity index (χ3n) is 4.09. The Hall–Kier alpha value is -2.70. The van der Waals surface area contributed by atoms with Crippen molar-refractivity contribution < 1.29 is 18.4 Å². The van der Waals surface area contributed by atoms with Crippen LogP contribution in [-0.2, 0) is 7.05 Å². The molecule has 0 radical (unpaired) electrons. The molecule has 0 N–H and O–H groups in total. The smallest absolute Gasteiger partial charge is 0.256 e. The number of hydrogen-bond donors (Lipinski definition) is 0. The molecular formula is C17H17F2N3O2. The van der Waals surface area contributed by atoms with Gasteiger partial charge >= 0.3 is 0 Å². The van der Waals surface area contributed by atoms with Gasteiger partial charge in [0, 0.05) is 51.7 Å². The molecule has 0 aliphatic carbocycles. The number of benzene rings is 1. The number of aryl methyl sites for hydroxylation is 1. The fourth-order valence-electron chi connectivity index (χ4n) is 2.76. The van der Waals surface area contributed by atoms with Gasteiger partial charge < -0.3 is 14.4 Å². The summed E-state index contributed by atoms with van der Waals surface area (Å²) in [6, 6.07) is 4.65. The Bertz CT molecular complexity index is 780. The molecule has 126 valence electrons. The highest BCUT2D eigenvalue weighted by atomic mass is 19.1. The predicted octanol–water partition coefficient (Wildman–Crippen LogP) is 1.90. The van der Waals surface area contributed by atoms with Crippen molar-refractivity contribution in [3.8, 4) is 0 Å². The third kappa shape index (κ3) is 3.15. The molecule has 1 aromatic carbocycles. The highest BCUT2D eigenvalue weighted by molar-refractivity contribution is 5.96. The van der Waals surface area contributed by atoms with E-state index in [1.54, 1.807) is 27.9 Å². The molecule has 1 saturated heterocycles. The van der Waals surface area contributed by atoms with Crippen molar-refractivity contribution in [1.29, 1.82) is 0 Å². The fourth-order valence-corrected chi connectivity index (χ4v) is 2.76. The first-order chi connectivity index (χ1) is 11.5. The van der Waals surface area contributed by atoms with Gasteiger partial charge in [-0.3, -0.25) is 9.59 Å². The van der Waals surface area contributed by atoms with Crippen LogP contribution >= 0.6 is 0 Å². The quantitative estimate of drug-likeness (QED) is 0.843. The number of amides is 2. The Labute approximate surface area is 138 Å². The molecule has 0 atom stereocenters. The van der Waals surface area contributed by atoms with Crippen molar-refractivity contribution in [2.75, 3.05) is 26.2 Å². The van der Waals surface area contributed by atoms with Gasteiger partial charge in [-0.25, -0.2) is 8.78 Å². The SMILES string of the molecule is Cn1ccc(C(=O)N2CCN(C(=O)c3ccc(F)cc3F)CC2)c1. The van der Waals surface area contributed by atoms with Crippen LogP contribution in [0.5, 0.6) is 0 Å². The molecule has 1 fully saturated rings. The maximum atomic E-state index is 13.7. The zero-order valence-electron chi connectivity index (χ0n) is 13.2. The maximum absolute atomic E-state index is 13.7. The Morgan fingerprint density at radius 1 is 0.958 bits per heavy atom. The van der Waals surface area contributed by atoms with Crippen LogP contribution in [0.1, 0.15) is 20.7 Å². The van der Waals surface area contributed by atoms with Crippen molar-refractivity contribution in [1.82, 2.24) is 14.4 Å². The lowest BCUT2D eigenvalue weighted by Crippen LogP contribution is -2.50. The second-order valence-corrected chi connectivity index (χ2v) is 5.77. The van der Waals surface area contributed by atoms with Crippen LogP contribution in [0.3, 0.4) is 0 Å². The zero-order chi connectivity index (χ0) is 17.3. The Kier molecular flexibility index (Phi) is 4.33. The minimum absolute atomic E-state index is 0.0874. The normalized spacial score (nSPS) is 14.8. The highest BCUT2D eigenvalue weighted by Crippen LogP contribution is 2.15. The fraction of sp³-hybridized carbons (Fsp3) is 0.294. The van der Waals surface area contributed by atoms with Crippen molar-refractivity contribution in [3.63, 3.8) is 0 Å². The molecule has 2 heterocycles. The van der Waals surface area contributed by atoms with Crippen LogP contribution in [-0.4, -0.2) is 52.4 Å². The number of nitrogens with zero attached hydrogens (tertiary/aromatic N) is 3. The van der Waals surface area contributed by atoms with E-state index in [-0.39, 0.29) is 11.5 Å². The van der Waals surface area contributed by atoms with Gasteiger partial charge in [-0.2, -0.15) is 0 Å². The van der Waals surface area contributed by atoms with Gasteiger partial charge in [0.15, 0.2) is 0 Å². The first-order valence-corrected chi connectivity index (χ1v) is 7.61. The van der Waals surface area contributed by atoms with E-state index < -0.39 is 17.5 Å². The minimum atomic E-state index is -0.872. The summed E-state index contributed by atoms with van der Waals surface area (Å²) in [6.45, 7) is 1.38. The zero-order valence-corrected chi connectivity index (χ0v) is 13.2. The van der Waals surface area contributed by atoms with Crippen molar-refractivity contribution in [2.24, 2.45) is 7.05 Å². The molecular weight excluding hydrogens is 316 g/mol. The summed E-state index contributed by atoms with van der Waals surface area (Å²) in [5.74, 6) is -2.17. The molecule has 2 amide bonds. The van der Waals surface area contributed by atoms with E-state index in [2.05, 4.69) is 0 Å². The first kappa shape index (κ1) is 16.2. The van der Waals surface area contributed by atoms with Crippen LogP contribution in [0.25, 0.3) is 0 Å². The molecule has 1 aliphatic heterocycles. The van der Waals surface area contributed by atoms with E-state index in [1.807, 2.05) is 7.05 Å². The Morgan fingerprint density at radius 3 is 2.12 bits per heavy atom. The minimum Gasteiger partial charge on any atom is -0.356 e. The average Bonchev–Trinajstić information content (AvgIpc) is 3.00. The number of hydrogen-bond acceptors (Lipinski definition) is 2. The second kappa shape index (κ2) is 6.43. The lowest BCUT2D eigenvalue weighted by molar-refractivity contribution is 0.0532. The molecule has 1 aliphatic rings. The number of carbonyl (C=O) groups excluding carboxylic acids is 2. The number of halogens is 2. The van der Waals surface area contributed by atoms with Gasteiger partial charge in [0.2, 0.25) is 0 Å². The average molecular weight is 333 g/mol. The summed E-state index contributed by atoms with van der Waals surface area (Å²) in [4.78, 5) is 27.8. The summed E-state index contributed by atoms with van der Waals surface area (Å²) in [5, 5.41) is 0. The van der Waals surface area contributed by atoms with E-state index in [9.17, 15) is 18.4 Å². The van der Waals surface area contributed by atoms with E-state index in [1.165, 1.54) is 4.90 Å². The number of carbonyl (C=O) groups is 2. The van der Waals surface area contributed by atoms with E-state index in [4.69, 9.17) is 0 Å². The van der Waals surface area contributed by atoms with Crippen LogP contribution < -0.4 is 0 Å². The summed E-state index contributed by atoms with van der Waals surface area (Å²) in [7, 11) is 1.84. The second-order valence-electron chi connectivity index (χ2n) is 5.77. The lowest BCUT2D eigenvalue weighted by Gasteiger charge is -2.34. The molecule has 24 heavy (non-hydrogen) atoms. The summed E-state index contributed by atoms with van der Waals surface area (Å²) < 4.78 is 28.5. The third-order valence-corrected chi connectivity index (χ3v) is 4.09. The summed E-state index contributed by atoms with van der Waals surface area (Å²) >= 11 is 0. The molecule has 0 unspecified atom stereocenters. The largest absolute Gasteiger partial charge is 0.356 e. The first-order valence-electron chi connectivity index (χ1n) is 7.61. The van der Waals surface area contributed by atoms with Crippen molar-refractivity contribution in [2.45, 2.75) is 0 Å². The van der Waals surface area contributed by atoms with Crippen LogP contribution in [0.15, 0.2) is 36.7 Å². The number of rotatable bonds is 2. The molecule has 2 aromatic rings. The maximum Gasteiger partial charge on any atom is 0.256 e. The van der Waals surface area contributed by atoms with Gasteiger partial charge in [-0.05, 0) is 18.2 Å². The molecule has 1 aromatic heterocycles. The van der Waals surface area contributed by atoms with E-state index in [0.717, 1.165) is 12.1 Å². The highest BCUT2D eigenvalue weighted by Gasteiger charge is 2.27.